The van der Waals surface area contributed by atoms with E-state index >= 15 is 0 Å². The number of pyridine rings is 2. The molecule has 11 heteroatoms. The molecule has 40 heavy (non-hydrogen) atoms. The second kappa shape index (κ2) is 11.2. The number of thiophene rings is 1. The normalized spacial score (nSPS) is 17.1. The van der Waals surface area contributed by atoms with Crippen molar-refractivity contribution in [2.45, 2.75) is 44.3 Å². The predicted molar refractivity (Wildman–Crippen MR) is 150 cm³/mol. The number of urea groups is 1. The van der Waals surface area contributed by atoms with E-state index in [-0.39, 0.29) is 29.8 Å². The van der Waals surface area contributed by atoms with Gasteiger partial charge in [-0.25, -0.2) is 9.18 Å². The standard InChI is InChI=1S/C29H28FN5O4S/c1-38-28(36)23-3-2-12-35(23)16-17-4-8-21(32-15-17)26-14-22-27(40-26)25(10-11-31-22)39-24-9-7-19(13-20(24)30)34-29(37)33-18-5-6-18/h4,7-11,13-15,18,23H,2-3,5-6,12,16H2,1H3,(H2,33,34,37)/t23-/m0/s1. The Hall–Kier alpha value is -4.09. The van der Waals surface area contributed by atoms with Crippen LogP contribution in [0.3, 0.4) is 0 Å². The second-order valence-corrected chi connectivity index (χ2v) is 11.0. The molecule has 4 aromatic rings. The second-order valence-electron chi connectivity index (χ2n) is 9.96. The van der Waals surface area contributed by atoms with Crippen molar-refractivity contribution in [2.75, 3.05) is 19.0 Å². The number of carbonyl (C=O) groups excluding carboxylic acids is 2. The molecule has 2 amide bonds. The van der Waals surface area contributed by atoms with Gasteiger partial charge in [-0.05, 0) is 62.1 Å². The van der Waals surface area contributed by atoms with E-state index in [0.29, 0.717) is 18.0 Å². The van der Waals surface area contributed by atoms with E-state index in [1.54, 1.807) is 18.3 Å². The van der Waals surface area contributed by atoms with E-state index in [9.17, 15) is 14.0 Å². The lowest BCUT2D eigenvalue weighted by Crippen LogP contribution is -2.36. The molecule has 2 aliphatic rings. The smallest absolute Gasteiger partial charge is 0.323 e. The Morgan fingerprint density at radius 2 is 1.98 bits per heavy atom. The maximum absolute atomic E-state index is 14.9. The molecular weight excluding hydrogens is 533 g/mol. The van der Waals surface area contributed by atoms with Crippen LogP contribution in [0, 0.1) is 5.82 Å². The van der Waals surface area contributed by atoms with E-state index in [0.717, 1.165) is 58.6 Å². The minimum atomic E-state index is -0.587. The zero-order valence-electron chi connectivity index (χ0n) is 21.9. The van der Waals surface area contributed by atoms with Crippen LogP contribution in [0.1, 0.15) is 31.2 Å². The van der Waals surface area contributed by atoms with Crippen LogP contribution < -0.4 is 15.4 Å². The number of rotatable bonds is 8. The molecule has 1 atom stereocenters. The van der Waals surface area contributed by atoms with Gasteiger partial charge in [0, 0.05) is 42.8 Å². The number of hydrogen-bond acceptors (Lipinski definition) is 8. The number of nitrogens with zero attached hydrogens (tertiary/aromatic N) is 3. The van der Waals surface area contributed by atoms with Crippen LogP contribution >= 0.6 is 11.3 Å². The van der Waals surface area contributed by atoms with E-state index < -0.39 is 5.82 Å². The van der Waals surface area contributed by atoms with Crippen molar-refractivity contribution >= 4 is 39.2 Å². The van der Waals surface area contributed by atoms with Gasteiger partial charge in [0.25, 0.3) is 0 Å². The van der Waals surface area contributed by atoms with Crippen molar-refractivity contribution in [1.82, 2.24) is 20.2 Å². The van der Waals surface area contributed by atoms with Gasteiger partial charge >= 0.3 is 12.0 Å². The van der Waals surface area contributed by atoms with Gasteiger partial charge in [-0.2, -0.15) is 0 Å². The average Bonchev–Trinajstić information content (AvgIpc) is 3.45. The van der Waals surface area contributed by atoms with Crippen LogP contribution in [0.5, 0.6) is 11.5 Å². The largest absolute Gasteiger partial charge is 0.468 e. The Morgan fingerprint density at radius 3 is 2.73 bits per heavy atom. The quantitative estimate of drug-likeness (QED) is 0.266. The first-order chi connectivity index (χ1) is 19.5. The molecule has 1 saturated heterocycles. The zero-order chi connectivity index (χ0) is 27.6. The fourth-order valence-corrected chi connectivity index (χ4v) is 5.84. The molecule has 9 nitrogen and oxygen atoms in total. The highest BCUT2D eigenvalue weighted by Gasteiger charge is 2.31. The molecule has 2 N–H and O–H groups in total. The van der Waals surface area contributed by atoms with Gasteiger partial charge in [-0.15, -0.1) is 11.3 Å². The van der Waals surface area contributed by atoms with Crippen molar-refractivity contribution in [3.05, 3.63) is 66.2 Å². The Balaban J connectivity index is 1.16. The van der Waals surface area contributed by atoms with Crippen molar-refractivity contribution in [3.8, 4) is 22.1 Å². The molecule has 1 saturated carbocycles. The average molecular weight is 562 g/mol. The third-order valence-electron chi connectivity index (χ3n) is 7.00. The Kier molecular flexibility index (Phi) is 7.31. The van der Waals surface area contributed by atoms with Gasteiger partial charge in [0.2, 0.25) is 0 Å². The number of methoxy groups -OCH3 is 1. The topological polar surface area (TPSA) is 106 Å². The molecule has 0 radical (unpaired) electrons. The number of halogens is 1. The summed E-state index contributed by atoms with van der Waals surface area (Å²) in [6, 6.07) is 11.6. The Morgan fingerprint density at radius 1 is 1.10 bits per heavy atom. The minimum absolute atomic E-state index is 0.0465. The molecule has 0 bridgehead atoms. The number of likely N-dealkylation sites (tertiary alicyclic amines) is 1. The first kappa shape index (κ1) is 26.1. The van der Waals surface area contributed by atoms with Crippen molar-refractivity contribution in [2.24, 2.45) is 0 Å². The summed E-state index contributed by atoms with van der Waals surface area (Å²) in [5, 5.41) is 5.45. The fraction of sp³-hybridized carbons (Fsp3) is 0.310. The third kappa shape index (κ3) is 5.75. The summed E-state index contributed by atoms with van der Waals surface area (Å²) in [6.07, 6.45) is 7.16. The number of esters is 1. The number of carbonyl (C=O) groups is 2. The fourth-order valence-electron chi connectivity index (χ4n) is 4.80. The molecule has 0 spiro atoms. The Labute approximate surface area is 234 Å². The Bertz CT molecular complexity index is 1560. The minimum Gasteiger partial charge on any atom is -0.468 e. The van der Waals surface area contributed by atoms with Crippen molar-refractivity contribution < 1.29 is 23.5 Å². The predicted octanol–water partition coefficient (Wildman–Crippen LogP) is 5.71. The lowest BCUT2D eigenvalue weighted by Gasteiger charge is -2.22. The number of fused-ring (bicyclic) bond motifs is 1. The van der Waals surface area contributed by atoms with Crippen molar-refractivity contribution in [1.29, 1.82) is 0 Å². The van der Waals surface area contributed by atoms with Crippen LogP contribution in [0.2, 0.25) is 0 Å². The van der Waals surface area contributed by atoms with Crippen LogP contribution in [0.4, 0.5) is 14.9 Å². The molecule has 1 aliphatic heterocycles. The summed E-state index contributed by atoms with van der Waals surface area (Å²) >= 11 is 1.46. The number of amides is 2. The summed E-state index contributed by atoms with van der Waals surface area (Å²) in [5.41, 5.74) is 2.87. The number of benzene rings is 1. The zero-order valence-corrected chi connectivity index (χ0v) is 22.7. The summed E-state index contributed by atoms with van der Waals surface area (Å²) in [4.78, 5) is 36.1. The number of aromatic nitrogens is 2. The first-order valence-electron chi connectivity index (χ1n) is 13.2. The van der Waals surface area contributed by atoms with Gasteiger partial charge in [0.1, 0.15) is 11.8 Å². The van der Waals surface area contributed by atoms with Gasteiger partial charge in [-0.3, -0.25) is 19.7 Å². The number of hydrogen-bond donors (Lipinski definition) is 2. The number of anilines is 1. The molecule has 0 unspecified atom stereocenters. The third-order valence-corrected chi connectivity index (χ3v) is 8.16. The maximum atomic E-state index is 14.9. The first-order valence-corrected chi connectivity index (χ1v) is 14.0. The molecule has 4 heterocycles. The van der Waals surface area contributed by atoms with Gasteiger partial charge in [-0.1, -0.05) is 6.07 Å². The molecule has 1 aromatic carbocycles. The monoisotopic (exact) mass is 561 g/mol. The summed E-state index contributed by atoms with van der Waals surface area (Å²) in [6.45, 7) is 1.48. The van der Waals surface area contributed by atoms with Gasteiger partial charge < -0.3 is 20.1 Å². The number of nitrogens with one attached hydrogen (secondary N) is 2. The van der Waals surface area contributed by atoms with E-state index in [1.807, 2.05) is 24.4 Å². The van der Waals surface area contributed by atoms with Crippen molar-refractivity contribution in [3.63, 3.8) is 0 Å². The number of ether oxygens (including phenoxy) is 2. The summed E-state index contributed by atoms with van der Waals surface area (Å²) in [7, 11) is 1.42. The maximum Gasteiger partial charge on any atom is 0.323 e. The van der Waals surface area contributed by atoms with Gasteiger partial charge in [0.05, 0.1) is 27.9 Å². The molecule has 3 aromatic heterocycles. The lowest BCUT2D eigenvalue weighted by molar-refractivity contribution is -0.146. The van der Waals surface area contributed by atoms with E-state index in [1.165, 1.54) is 30.6 Å². The van der Waals surface area contributed by atoms with E-state index in [4.69, 9.17) is 9.47 Å². The molecule has 206 valence electrons. The van der Waals surface area contributed by atoms with E-state index in [2.05, 4.69) is 25.5 Å². The van der Waals surface area contributed by atoms with Gasteiger partial charge in [0.15, 0.2) is 11.6 Å². The summed E-state index contributed by atoms with van der Waals surface area (Å²) < 4.78 is 26.5. The van der Waals surface area contributed by atoms with Crippen LogP contribution in [0.15, 0.2) is 54.9 Å². The molecule has 6 rings (SSSR count). The SMILES string of the molecule is COC(=O)[C@@H]1CCCN1Cc1ccc(-c2cc3nccc(Oc4ccc(NC(=O)NC5CC5)cc4F)c3s2)nc1. The lowest BCUT2D eigenvalue weighted by atomic mass is 10.2. The summed E-state index contributed by atoms with van der Waals surface area (Å²) in [5.74, 6) is -0.255. The molecule has 1 aliphatic carbocycles. The van der Waals surface area contributed by atoms with Crippen LogP contribution in [-0.4, -0.2) is 52.6 Å². The molecule has 2 fully saturated rings. The highest BCUT2D eigenvalue weighted by molar-refractivity contribution is 7.22. The molecular formula is C29H28FN5O4S. The van der Waals surface area contributed by atoms with Crippen LogP contribution in [-0.2, 0) is 16.1 Å². The highest BCUT2D eigenvalue weighted by Crippen LogP contribution is 2.39. The van der Waals surface area contributed by atoms with Crippen LogP contribution in [0.25, 0.3) is 20.8 Å². The highest BCUT2D eigenvalue weighted by atomic mass is 32.1.